The first-order chi connectivity index (χ1) is 8.63. The summed E-state index contributed by atoms with van der Waals surface area (Å²) in [6.45, 7) is 1.88. The highest BCUT2D eigenvalue weighted by atomic mass is 79.9. The molecule has 0 radical (unpaired) electrons. The molecule has 3 nitrogen and oxygen atoms in total. The number of fused-ring (bicyclic) bond motifs is 1. The van der Waals surface area contributed by atoms with Gasteiger partial charge in [-0.3, -0.25) is 4.79 Å². The molecule has 0 saturated heterocycles. The van der Waals surface area contributed by atoms with Gasteiger partial charge in [0.15, 0.2) is 0 Å². The van der Waals surface area contributed by atoms with E-state index in [1.807, 2.05) is 37.3 Å². The van der Waals surface area contributed by atoms with Crippen LogP contribution in [-0.2, 0) is 4.79 Å². The Hall–Kier alpha value is -1.81. The number of anilines is 1. The Bertz CT molecular complexity index is 670. The van der Waals surface area contributed by atoms with Crippen LogP contribution in [0.4, 0.5) is 5.69 Å². The molecule has 0 aliphatic carbocycles. The average Bonchev–Trinajstić information content (AvgIpc) is 2.86. The van der Waals surface area contributed by atoms with Gasteiger partial charge in [-0.1, -0.05) is 15.9 Å². The Labute approximate surface area is 113 Å². The fourth-order valence-electron chi connectivity index (χ4n) is 1.98. The molecule has 18 heavy (non-hydrogen) atoms. The quantitative estimate of drug-likeness (QED) is 0.813. The monoisotopic (exact) mass is 303 g/mol. The highest BCUT2D eigenvalue weighted by molar-refractivity contribution is 9.10. The molecule has 1 N–H and O–H groups in total. The van der Waals surface area contributed by atoms with Gasteiger partial charge < -0.3 is 9.73 Å². The topological polar surface area (TPSA) is 42.2 Å². The largest absolute Gasteiger partial charge is 0.462 e. The zero-order valence-electron chi connectivity index (χ0n) is 9.66. The van der Waals surface area contributed by atoms with Crippen molar-refractivity contribution in [1.82, 2.24) is 0 Å². The summed E-state index contributed by atoms with van der Waals surface area (Å²) in [7, 11) is 0. The highest BCUT2D eigenvalue weighted by Gasteiger charge is 2.24. The van der Waals surface area contributed by atoms with Crippen LogP contribution in [0.3, 0.4) is 0 Å². The SMILES string of the molecule is Cc1ccc(/C=C2\C(=O)Nc3ccc(Br)cc32)o1. The Balaban J connectivity index is 2.11. The van der Waals surface area contributed by atoms with Crippen LogP contribution < -0.4 is 5.32 Å². The van der Waals surface area contributed by atoms with E-state index in [1.54, 1.807) is 6.08 Å². The van der Waals surface area contributed by atoms with Gasteiger partial charge in [-0.05, 0) is 43.3 Å². The number of benzene rings is 1. The normalized spacial score (nSPS) is 15.9. The lowest BCUT2D eigenvalue weighted by Gasteiger charge is -1.98. The maximum Gasteiger partial charge on any atom is 0.256 e. The molecule has 2 aromatic rings. The number of carbonyl (C=O) groups excluding carboxylic acids is 1. The zero-order chi connectivity index (χ0) is 12.7. The van der Waals surface area contributed by atoms with E-state index in [9.17, 15) is 4.79 Å². The molecular weight excluding hydrogens is 294 g/mol. The summed E-state index contributed by atoms with van der Waals surface area (Å²) in [4.78, 5) is 11.9. The first kappa shape index (κ1) is 11.3. The van der Waals surface area contributed by atoms with Crippen LogP contribution in [0.5, 0.6) is 0 Å². The van der Waals surface area contributed by atoms with Crippen LogP contribution in [0.2, 0.25) is 0 Å². The van der Waals surface area contributed by atoms with Gasteiger partial charge >= 0.3 is 0 Å². The van der Waals surface area contributed by atoms with Gasteiger partial charge in [-0.15, -0.1) is 0 Å². The summed E-state index contributed by atoms with van der Waals surface area (Å²) in [5.74, 6) is 1.41. The Morgan fingerprint density at radius 1 is 1.28 bits per heavy atom. The van der Waals surface area contributed by atoms with E-state index < -0.39 is 0 Å². The van der Waals surface area contributed by atoms with Gasteiger partial charge in [-0.25, -0.2) is 0 Å². The molecule has 1 aromatic heterocycles. The number of amides is 1. The molecule has 0 unspecified atom stereocenters. The minimum atomic E-state index is -0.0999. The van der Waals surface area contributed by atoms with E-state index in [0.29, 0.717) is 11.3 Å². The highest BCUT2D eigenvalue weighted by Crippen LogP contribution is 2.35. The molecule has 0 saturated carbocycles. The molecule has 3 rings (SSSR count). The van der Waals surface area contributed by atoms with E-state index in [-0.39, 0.29) is 5.91 Å². The van der Waals surface area contributed by atoms with Crippen molar-refractivity contribution in [3.8, 4) is 0 Å². The average molecular weight is 304 g/mol. The minimum Gasteiger partial charge on any atom is -0.462 e. The van der Waals surface area contributed by atoms with E-state index in [0.717, 1.165) is 21.5 Å². The van der Waals surface area contributed by atoms with Crippen molar-refractivity contribution in [2.24, 2.45) is 0 Å². The smallest absolute Gasteiger partial charge is 0.256 e. The number of rotatable bonds is 1. The van der Waals surface area contributed by atoms with Gasteiger partial charge in [0.05, 0.1) is 5.57 Å². The van der Waals surface area contributed by atoms with Gasteiger partial charge in [-0.2, -0.15) is 0 Å². The second-order valence-corrected chi connectivity index (χ2v) is 5.07. The summed E-state index contributed by atoms with van der Waals surface area (Å²) < 4.78 is 6.41. The van der Waals surface area contributed by atoms with Crippen LogP contribution in [-0.4, -0.2) is 5.91 Å². The summed E-state index contributed by atoms with van der Waals surface area (Å²) in [6.07, 6.45) is 1.76. The predicted octanol–water partition coefficient (Wildman–Crippen LogP) is 3.84. The fourth-order valence-corrected chi connectivity index (χ4v) is 2.34. The van der Waals surface area contributed by atoms with Crippen LogP contribution in [0.15, 0.2) is 39.2 Å². The summed E-state index contributed by atoms with van der Waals surface area (Å²) >= 11 is 3.41. The van der Waals surface area contributed by atoms with E-state index >= 15 is 0 Å². The van der Waals surface area contributed by atoms with Gasteiger partial charge in [0.2, 0.25) is 0 Å². The van der Waals surface area contributed by atoms with Crippen LogP contribution in [0.1, 0.15) is 17.1 Å². The first-order valence-electron chi connectivity index (χ1n) is 5.53. The molecule has 1 aliphatic heterocycles. The number of halogens is 1. The third-order valence-electron chi connectivity index (χ3n) is 2.81. The van der Waals surface area contributed by atoms with Crippen molar-refractivity contribution in [2.75, 3.05) is 5.32 Å². The predicted molar refractivity (Wildman–Crippen MR) is 74.1 cm³/mol. The first-order valence-corrected chi connectivity index (χ1v) is 6.32. The molecule has 0 spiro atoms. The molecule has 0 bridgehead atoms. The minimum absolute atomic E-state index is 0.0999. The summed E-state index contributed by atoms with van der Waals surface area (Å²) in [5.41, 5.74) is 2.35. The van der Waals surface area contributed by atoms with E-state index in [4.69, 9.17) is 4.42 Å². The maximum absolute atomic E-state index is 11.9. The number of hydrogen-bond donors (Lipinski definition) is 1. The lowest BCUT2D eigenvalue weighted by molar-refractivity contribution is -0.110. The maximum atomic E-state index is 11.9. The Morgan fingerprint density at radius 3 is 2.83 bits per heavy atom. The van der Waals surface area contributed by atoms with Crippen LogP contribution in [0, 0.1) is 6.92 Å². The van der Waals surface area contributed by atoms with Crippen molar-refractivity contribution in [1.29, 1.82) is 0 Å². The lowest BCUT2D eigenvalue weighted by atomic mass is 10.1. The second kappa shape index (κ2) is 4.14. The third-order valence-corrected chi connectivity index (χ3v) is 3.31. The van der Waals surface area contributed by atoms with Gasteiger partial charge in [0.25, 0.3) is 5.91 Å². The molecule has 0 fully saturated rings. The van der Waals surface area contributed by atoms with Crippen molar-refractivity contribution < 1.29 is 9.21 Å². The van der Waals surface area contributed by atoms with E-state index in [2.05, 4.69) is 21.2 Å². The molecule has 90 valence electrons. The van der Waals surface area contributed by atoms with Gasteiger partial charge in [0, 0.05) is 15.7 Å². The number of aryl methyl sites for hydroxylation is 1. The lowest BCUT2D eigenvalue weighted by Crippen LogP contribution is -2.03. The number of carbonyl (C=O) groups is 1. The van der Waals surface area contributed by atoms with Crippen molar-refractivity contribution in [2.45, 2.75) is 6.92 Å². The summed E-state index contributed by atoms with van der Waals surface area (Å²) in [5, 5.41) is 2.83. The van der Waals surface area contributed by atoms with Crippen LogP contribution in [0.25, 0.3) is 11.6 Å². The molecule has 1 aromatic carbocycles. The molecule has 4 heteroatoms. The number of nitrogens with one attached hydrogen (secondary N) is 1. The molecule has 1 amide bonds. The standard InChI is InChI=1S/C14H10BrNO2/c1-8-2-4-10(18-8)7-12-11-6-9(15)3-5-13(11)16-14(12)17/h2-7H,1H3,(H,16,17)/b12-7-. The van der Waals surface area contributed by atoms with Crippen LogP contribution >= 0.6 is 15.9 Å². The molecule has 0 atom stereocenters. The van der Waals surface area contributed by atoms with Crippen molar-refractivity contribution in [3.63, 3.8) is 0 Å². The Kier molecular flexibility index (Phi) is 2.59. The van der Waals surface area contributed by atoms with Crippen molar-refractivity contribution in [3.05, 3.63) is 51.9 Å². The number of hydrogen-bond acceptors (Lipinski definition) is 2. The molecular formula is C14H10BrNO2. The zero-order valence-corrected chi connectivity index (χ0v) is 11.2. The summed E-state index contributed by atoms with van der Waals surface area (Å²) in [6, 6.07) is 9.44. The van der Waals surface area contributed by atoms with E-state index in [1.165, 1.54) is 0 Å². The van der Waals surface area contributed by atoms with Crippen molar-refractivity contribution >= 4 is 39.2 Å². The van der Waals surface area contributed by atoms with Gasteiger partial charge in [0.1, 0.15) is 11.5 Å². The number of furan rings is 1. The second-order valence-electron chi connectivity index (χ2n) is 4.15. The third kappa shape index (κ3) is 1.88. The fraction of sp³-hybridized carbons (Fsp3) is 0.0714. The Morgan fingerprint density at radius 2 is 2.11 bits per heavy atom. The molecule has 2 heterocycles. The molecule has 1 aliphatic rings.